The Bertz CT molecular complexity index is 1030. The van der Waals surface area contributed by atoms with Crippen LogP contribution in [0.15, 0.2) is 60.7 Å². The van der Waals surface area contributed by atoms with Gasteiger partial charge in [-0.1, -0.05) is 59.6 Å². The molecule has 29 heavy (non-hydrogen) atoms. The lowest BCUT2D eigenvalue weighted by molar-refractivity contribution is -0.122. The van der Waals surface area contributed by atoms with Gasteiger partial charge >= 0.3 is 0 Å². The van der Waals surface area contributed by atoms with Gasteiger partial charge in [-0.05, 0) is 49.0 Å². The number of nitrogens with zero attached hydrogens (tertiary/aromatic N) is 1. The van der Waals surface area contributed by atoms with Crippen molar-refractivity contribution in [3.8, 4) is 0 Å². The molecule has 0 aliphatic carbocycles. The summed E-state index contributed by atoms with van der Waals surface area (Å²) in [7, 11) is 1.71. The van der Waals surface area contributed by atoms with Gasteiger partial charge in [-0.15, -0.1) is 0 Å². The van der Waals surface area contributed by atoms with Crippen molar-refractivity contribution in [3.05, 3.63) is 70.7 Å². The van der Waals surface area contributed by atoms with E-state index in [0.717, 1.165) is 10.8 Å². The van der Waals surface area contributed by atoms with Crippen LogP contribution in [0.5, 0.6) is 0 Å². The maximum absolute atomic E-state index is 12.6. The van der Waals surface area contributed by atoms with E-state index in [-0.39, 0.29) is 18.4 Å². The Kier molecular flexibility index (Phi) is 6.75. The summed E-state index contributed by atoms with van der Waals surface area (Å²) in [5.74, 6) is -0.515. The average Bonchev–Trinajstić information content (AvgIpc) is 2.70. The summed E-state index contributed by atoms with van der Waals surface area (Å²) in [5.41, 5.74) is 1.07. The smallest absolute Gasteiger partial charge is 0.241 e. The van der Waals surface area contributed by atoms with Crippen LogP contribution in [0.2, 0.25) is 10.0 Å². The van der Waals surface area contributed by atoms with Crippen molar-refractivity contribution in [2.75, 3.05) is 24.2 Å². The molecule has 0 fully saturated rings. The number of fused-ring (bicyclic) bond motifs is 1. The molecule has 1 atom stereocenters. The molecule has 0 spiro atoms. The average molecular weight is 430 g/mol. The van der Waals surface area contributed by atoms with Gasteiger partial charge in [0.25, 0.3) is 0 Å². The first-order valence-electron chi connectivity index (χ1n) is 9.09. The number of anilines is 2. The van der Waals surface area contributed by atoms with Gasteiger partial charge in [-0.2, -0.15) is 0 Å². The topological polar surface area (TPSA) is 61.4 Å². The van der Waals surface area contributed by atoms with Gasteiger partial charge in [0.05, 0.1) is 28.3 Å². The zero-order valence-corrected chi connectivity index (χ0v) is 17.6. The molecule has 3 rings (SSSR count). The van der Waals surface area contributed by atoms with Crippen molar-refractivity contribution in [3.63, 3.8) is 0 Å². The van der Waals surface area contributed by atoms with Crippen molar-refractivity contribution in [2.45, 2.75) is 13.0 Å². The number of likely N-dealkylation sites (N-methyl/N-ethyl adjacent to an activating group) is 1. The molecule has 1 unspecified atom stereocenters. The lowest BCUT2D eigenvalue weighted by Crippen LogP contribution is -2.43. The van der Waals surface area contributed by atoms with E-state index in [9.17, 15) is 9.59 Å². The molecule has 3 aromatic carbocycles. The Morgan fingerprint density at radius 1 is 0.931 bits per heavy atom. The quantitative estimate of drug-likeness (QED) is 0.576. The number of hydrogen-bond donors (Lipinski definition) is 2. The lowest BCUT2D eigenvalue weighted by Gasteiger charge is -2.23. The molecule has 0 radical (unpaired) electrons. The predicted octanol–water partition coefficient (Wildman–Crippen LogP) is 5.04. The maximum Gasteiger partial charge on any atom is 0.241 e. The summed E-state index contributed by atoms with van der Waals surface area (Å²) in [6.45, 7) is 1.75. The van der Waals surface area contributed by atoms with Crippen LogP contribution in [0.25, 0.3) is 10.8 Å². The van der Waals surface area contributed by atoms with Crippen LogP contribution >= 0.6 is 23.2 Å². The number of para-hydroxylation sites is 1. The highest BCUT2D eigenvalue weighted by molar-refractivity contribution is 6.39. The van der Waals surface area contributed by atoms with Crippen LogP contribution in [0.4, 0.5) is 11.4 Å². The van der Waals surface area contributed by atoms with Crippen molar-refractivity contribution < 1.29 is 9.59 Å². The Labute approximate surface area is 179 Å². The second kappa shape index (κ2) is 9.27. The number of rotatable bonds is 6. The number of halogens is 2. The first-order chi connectivity index (χ1) is 13.8. The normalized spacial score (nSPS) is 12.0. The van der Waals surface area contributed by atoms with E-state index in [1.807, 2.05) is 42.5 Å². The van der Waals surface area contributed by atoms with Crippen LogP contribution in [0.3, 0.4) is 0 Å². The van der Waals surface area contributed by atoms with Crippen LogP contribution in [-0.4, -0.2) is 36.3 Å². The molecule has 0 heterocycles. The van der Waals surface area contributed by atoms with Crippen molar-refractivity contribution >= 4 is 57.2 Å². The second-order valence-electron chi connectivity index (χ2n) is 6.79. The molecule has 0 aromatic heterocycles. The monoisotopic (exact) mass is 429 g/mol. The van der Waals surface area contributed by atoms with Crippen LogP contribution < -0.4 is 10.6 Å². The fourth-order valence-electron chi connectivity index (χ4n) is 2.87. The third-order valence-corrected chi connectivity index (χ3v) is 5.31. The first kappa shape index (κ1) is 21.1. The van der Waals surface area contributed by atoms with Crippen molar-refractivity contribution in [2.24, 2.45) is 0 Å². The summed E-state index contributed by atoms with van der Waals surface area (Å²) >= 11 is 12.2. The standard InChI is InChI=1S/C22H21Cl2N3O2/c1-14(22(29)25-17-11-10-15-6-3-4-7-16(15)12-17)27(2)13-20(28)26-21-18(23)8-5-9-19(21)24/h3-12,14H,13H2,1-2H3,(H,25,29)(H,26,28). The van der Waals surface area contributed by atoms with Gasteiger partial charge in [0.15, 0.2) is 0 Å². The van der Waals surface area contributed by atoms with E-state index in [1.54, 1.807) is 37.1 Å². The van der Waals surface area contributed by atoms with E-state index >= 15 is 0 Å². The highest BCUT2D eigenvalue weighted by Crippen LogP contribution is 2.29. The molecule has 2 amide bonds. The molecule has 0 saturated heterocycles. The van der Waals surface area contributed by atoms with Crippen LogP contribution in [0, 0.1) is 0 Å². The molecule has 0 saturated carbocycles. The Morgan fingerprint density at radius 2 is 1.59 bits per heavy atom. The largest absolute Gasteiger partial charge is 0.325 e. The van der Waals surface area contributed by atoms with E-state index in [4.69, 9.17) is 23.2 Å². The molecular formula is C22H21Cl2N3O2. The number of carbonyl (C=O) groups is 2. The fraction of sp³-hybridized carbons (Fsp3) is 0.182. The lowest BCUT2D eigenvalue weighted by atomic mass is 10.1. The zero-order valence-electron chi connectivity index (χ0n) is 16.1. The molecule has 3 aromatic rings. The highest BCUT2D eigenvalue weighted by atomic mass is 35.5. The van der Waals surface area contributed by atoms with E-state index < -0.39 is 6.04 Å². The van der Waals surface area contributed by atoms with Crippen molar-refractivity contribution in [1.29, 1.82) is 0 Å². The molecule has 2 N–H and O–H groups in total. The summed E-state index contributed by atoms with van der Waals surface area (Å²) in [5, 5.41) is 8.46. The van der Waals surface area contributed by atoms with Gasteiger partial charge in [-0.3, -0.25) is 14.5 Å². The number of amides is 2. The van der Waals surface area contributed by atoms with E-state index in [1.165, 1.54) is 0 Å². The third-order valence-electron chi connectivity index (χ3n) is 4.68. The summed E-state index contributed by atoms with van der Waals surface area (Å²) in [6, 6.07) is 18.1. The van der Waals surface area contributed by atoms with Crippen LogP contribution in [0.1, 0.15) is 6.92 Å². The SMILES string of the molecule is CC(C(=O)Nc1ccc2ccccc2c1)N(C)CC(=O)Nc1c(Cl)cccc1Cl. The molecule has 0 aliphatic rings. The van der Waals surface area contributed by atoms with Gasteiger partial charge in [0.1, 0.15) is 0 Å². The van der Waals surface area contributed by atoms with Gasteiger partial charge in [0.2, 0.25) is 11.8 Å². The minimum atomic E-state index is -0.520. The van der Waals surface area contributed by atoms with Gasteiger partial charge in [0, 0.05) is 5.69 Å². The highest BCUT2D eigenvalue weighted by Gasteiger charge is 2.21. The number of nitrogens with one attached hydrogen (secondary N) is 2. The molecule has 5 nitrogen and oxygen atoms in total. The van der Waals surface area contributed by atoms with Gasteiger partial charge < -0.3 is 10.6 Å². The minimum absolute atomic E-state index is 0.00780. The summed E-state index contributed by atoms with van der Waals surface area (Å²) in [4.78, 5) is 26.6. The number of hydrogen-bond acceptors (Lipinski definition) is 3. The maximum atomic E-state index is 12.6. The Balaban J connectivity index is 1.60. The molecule has 0 aliphatic heterocycles. The summed E-state index contributed by atoms with van der Waals surface area (Å²) in [6.07, 6.45) is 0. The Hall–Kier alpha value is -2.60. The van der Waals surface area contributed by atoms with E-state index in [0.29, 0.717) is 21.4 Å². The number of carbonyl (C=O) groups excluding carboxylic acids is 2. The third kappa shape index (κ3) is 5.26. The second-order valence-corrected chi connectivity index (χ2v) is 7.60. The molecule has 150 valence electrons. The fourth-order valence-corrected chi connectivity index (χ4v) is 3.37. The predicted molar refractivity (Wildman–Crippen MR) is 120 cm³/mol. The molecule has 0 bridgehead atoms. The molecular weight excluding hydrogens is 409 g/mol. The van der Waals surface area contributed by atoms with Crippen molar-refractivity contribution in [1.82, 2.24) is 4.90 Å². The van der Waals surface area contributed by atoms with Crippen LogP contribution in [-0.2, 0) is 9.59 Å². The first-order valence-corrected chi connectivity index (χ1v) is 9.84. The van der Waals surface area contributed by atoms with Gasteiger partial charge in [-0.25, -0.2) is 0 Å². The zero-order chi connectivity index (χ0) is 21.0. The number of benzene rings is 3. The minimum Gasteiger partial charge on any atom is -0.325 e. The summed E-state index contributed by atoms with van der Waals surface area (Å²) < 4.78 is 0. The Morgan fingerprint density at radius 3 is 2.28 bits per heavy atom. The molecule has 7 heteroatoms. The van der Waals surface area contributed by atoms with E-state index in [2.05, 4.69) is 10.6 Å².